The number of hydrogen-bond donors (Lipinski definition) is 2. The molecule has 3 aromatic rings. The number of ether oxygens (including phenoxy) is 1. The molecule has 0 atom stereocenters. The van der Waals surface area contributed by atoms with Crippen LogP contribution in [0.1, 0.15) is 5.56 Å². The Bertz CT molecular complexity index is 1100. The van der Waals surface area contributed by atoms with Crippen LogP contribution in [0.3, 0.4) is 0 Å². The molecular weight excluding hydrogens is 395 g/mol. The highest BCUT2D eigenvalue weighted by molar-refractivity contribution is 7.92. The summed E-state index contributed by atoms with van der Waals surface area (Å²) in [6.07, 6.45) is 0. The third kappa shape index (κ3) is 5.55. The molecule has 0 aliphatic heterocycles. The Morgan fingerprint density at radius 1 is 0.966 bits per heavy atom. The second-order valence-electron chi connectivity index (χ2n) is 6.24. The van der Waals surface area contributed by atoms with E-state index in [1.165, 1.54) is 42.5 Å². The fourth-order valence-electron chi connectivity index (χ4n) is 2.54. The van der Waals surface area contributed by atoms with Crippen molar-refractivity contribution in [3.8, 4) is 5.75 Å². The van der Waals surface area contributed by atoms with Gasteiger partial charge in [-0.25, -0.2) is 12.8 Å². The topological polar surface area (TPSA) is 84.5 Å². The molecule has 150 valence electrons. The van der Waals surface area contributed by atoms with Crippen molar-refractivity contribution in [2.75, 3.05) is 16.6 Å². The van der Waals surface area contributed by atoms with Gasteiger partial charge in [-0.3, -0.25) is 9.52 Å². The van der Waals surface area contributed by atoms with Gasteiger partial charge in [-0.05, 0) is 67.1 Å². The van der Waals surface area contributed by atoms with Gasteiger partial charge in [0.1, 0.15) is 11.6 Å². The van der Waals surface area contributed by atoms with Gasteiger partial charge in [-0.1, -0.05) is 18.2 Å². The Hall–Kier alpha value is -3.39. The maximum absolute atomic E-state index is 13.0. The first-order chi connectivity index (χ1) is 13.8. The second kappa shape index (κ2) is 8.74. The Morgan fingerprint density at radius 3 is 2.31 bits per heavy atom. The molecule has 0 spiro atoms. The quantitative estimate of drug-likeness (QED) is 0.613. The van der Waals surface area contributed by atoms with Crippen molar-refractivity contribution >= 4 is 27.3 Å². The standard InChI is InChI=1S/C21H19FN2O4S/c1-15-13-19(29(26,27)24-18-9-7-16(22)8-10-18)11-12-20(15)28-14-21(25)23-17-5-3-2-4-6-17/h2-13,24H,14H2,1H3,(H,23,25). The number of aryl methyl sites for hydroxylation is 1. The highest BCUT2D eigenvalue weighted by Gasteiger charge is 2.16. The van der Waals surface area contributed by atoms with Gasteiger partial charge in [0.05, 0.1) is 4.90 Å². The zero-order chi connectivity index (χ0) is 20.9. The number of benzene rings is 3. The van der Waals surface area contributed by atoms with Crippen molar-refractivity contribution in [3.63, 3.8) is 0 Å². The average Bonchev–Trinajstić information content (AvgIpc) is 2.69. The smallest absolute Gasteiger partial charge is 0.262 e. The Balaban J connectivity index is 1.64. The maximum Gasteiger partial charge on any atom is 0.262 e. The van der Waals surface area contributed by atoms with Gasteiger partial charge < -0.3 is 10.1 Å². The van der Waals surface area contributed by atoms with Crippen molar-refractivity contribution in [2.45, 2.75) is 11.8 Å². The van der Waals surface area contributed by atoms with Crippen LogP contribution in [0.4, 0.5) is 15.8 Å². The molecule has 0 aliphatic rings. The molecule has 8 heteroatoms. The van der Waals surface area contributed by atoms with Gasteiger partial charge in [-0.2, -0.15) is 0 Å². The number of para-hydroxylation sites is 1. The summed E-state index contributed by atoms with van der Waals surface area (Å²) in [4.78, 5) is 12.0. The highest BCUT2D eigenvalue weighted by atomic mass is 32.2. The predicted octanol–water partition coefficient (Wildman–Crippen LogP) is 3.95. The lowest BCUT2D eigenvalue weighted by molar-refractivity contribution is -0.118. The molecule has 0 fully saturated rings. The van der Waals surface area contributed by atoms with E-state index in [-0.39, 0.29) is 23.1 Å². The van der Waals surface area contributed by atoms with Crippen LogP contribution in [-0.4, -0.2) is 20.9 Å². The monoisotopic (exact) mass is 414 g/mol. The van der Waals surface area contributed by atoms with Crippen molar-refractivity contribution < 1.29 is 22.3 Å². The summed E-state index contributed by atoms with van der Waals surface area (Å²) in [7, 11) is -3.84. The fourth-order valence-corrected chi connectivity index (χ4v) is 3.69. The Labute approximate surface area is 168 Å². The lowest BCUT2D eigenvalue weighted by Gasteiger charge is -2.12. The molecule has 0 aliphatic carbocycles. The Morgan fingerprint density at radius 2 is 1.66 bits per heavy atom. The average molecular weight is 414 g/mol. The zero-order valence-corrected chi connectivity index (χ0v) is 16.4. The SMILES string of the molecule is Cc1cc(S(=O)(=O)Nc2ccc(F)cc2)ccc1OCC(=O)Nc1ccccc1. The van der Waals surface area contributed by atoms with E-state index >= 15 is 0 Å². The highest BCUT2D eigenvalue weighted by Crippen LogP contribution is 2.23. The molecule has 1 amide bonds. The number of nitrogens with one attached hydrogen (secondary N) is 2. The molecule has 3 rings (SSSR count). The van der Waals surface area contributed by atoms with Gasteiger partial charge in [0.2, 0.25) is 0 Å². The molecule has 0 saturated carbocycles. The van der Waals surface area contributed by atoms with E-state index in [4.69, 9.17) is 4.74 Å². The summed E-state index contributed by atoms with van der Waals surface area (Å²) in [5.41, 5.74) is 1.47. The van der Waals surface area contributed by atoms with E-state index < -0.39 is 15.8 Å². The van der Waals surface area contributed by atoms with Crippen LogP contribution >= 0.6 is 0 Å². The molecule has 0 bridgehead atoms. The number of sulfonamides is 1. The molecule has 0 heterocycles. The minimum atomic E-state index is -3.84. The van der Waals surface area contributed by atoms with Crippen LogP contribution in [0.15, 0.2) is 77.7 Å². The molecule has 0 radical (unpaired) electrons. The first-order valence-corrected chi connectivity index (χ1v) is 10.2. The molecule has 3 aromatic carbocycles. The summed E-state index contributed by atoms with van der Waals surface area (Å²) in [6.45, 7) is 1.47. The number of rotatable bonds is 7. The van der Waals surface area contributed by atoms with E-state index in [2.05, 4.69) is 10.0 Å². The molecule has 2 N–H and O–H groups in total. The van der Waals surface area contributed by atoms with Crippen molar-refractivity contribution in [1.82, 2.24) is 0 Å². The third-order valence-electron chi connectivity index (χ3n) is 3.97. The predicted molar refractivity (Wildman–Crippen MR) is 109 cm³/mol. The normalized spacial score (nSPS) is 11.0. The van der Waals surface area contributed by atoms with E-state index in [1.54, 1.807) is 31.2 Å². The molecule has 6 nitrogen and oxygen atoms in total. The summed E-state index contributed by atoms with van der Waals surface area (Å²) in [6, 6.07) is 18.3. The number of halogens is 1. The van der Waals surface area contributed by atoms with E-state index in [1.807, 2.05) is 6.07 Å². The lowest BCUT2D eigenvalue weighted by atomic mass is 10.2. The Kier molecular flexibility index (Phi) is 6.13. The van der Waals surface area contributed by atoms with E-state index in [0.717, 1.165) is 0 Å². The maximum atomic E-state index is 13.0. The molecule has 0 unspecified atom stereocenters. The van der Waals surface area contributed by atoms with Crippen LogP contribution in [0, 0.1) is 12.7 Å². The number of hydrogen-bond acceptors (Lipinski definition) is 4. The lowest BCUT2D eigenvalue weighted by Crippen LogP contribution is -2.20. The fraction of sp³-hybridized carbons (Fsp3) is 0.0952. The molecule has 29 heavy (non-hydrogen) atoms. The number of anilines is 2. The zero-order valence-electron chi connectivity index (χ0n) is 15.6. The van der Waals surface area contributed by atoms with Crippen molar-refractivity contribution in [1.29, 1.82) is 0 Å². The second-order valence-corrected chi connectivity index (χ2v) is 7.92. The van der Waals surface area contributed by atoms with Crippen molar-refractivity contribution in [3.05, 3.63) is 84.2 Å². The summed E-state index contributed by atoms with van der Waals surface area (Å²) < 4.78 is 45.9. The van der Waals surface area contributed by atoms with Crippen LogP contribution in [0.2, 0.25) is 0 Å². The number of carbonyl (C=O) groups is 1. The third-order valence-corrected chi connectivity index (χ3v) is 5.35. The summed E-state index contributed by atoms with van der Waals surface area (Å²) in [5, 5.41) is 2.70. The van der Waals surface area contributed by atoms with Gasteiger partial charge in [-0.15, -0.1) is 0 Å². The van der Waals surface area contributed by atoms with E-state index in [9.17, 15) is 17.6 Å². The number of carbonyl (C=O) groups excluding carboxylic acids is 1. The van der Waals surface area contributed by atoms with E-state index in [0.29, 0.717) is 17.0 Å². The van der Waals surface area contributed by atoms with Gasteiger partial charge >= 0.3 is 0 Å². The van der Waals surface area contributed by atoms with Gasteiger partial charge in [0, 0.05) is 11.4 Å². The van der Waals surface area contributed by atoms with Gasteiger partial charge in [0.15, 0.2) is 6.61 Å². The van der Waals surface area contributed by atoms with Crippen molar-refractivity contribution in [2.24, 2.45) is 0 Å². The first kappa shape index (κ1) is 20.3. The number of amides is 1. The van der Waals surface area contributed by atoms with Crippen LogP contribution in [-0.2, 0) is 14.8 Å². The molecule has 0 saturated heterocycles. The minimum absolute atomic E-state index is 0.0282. The first-order valence-electron chi connectivity index (χ1n) is 8.70. The van der Waals surface area contributed by atoms with Crippen LogP contribution in [0.25, 0.3) is 0 Å². The molecule has 0 aromatic heterocycles. The van der Waals surface area contributed by atoms with Crippen LogP contribution in [0.5, 0.6) is 5.75 Å². The van der Waals surface area contributed by atoms with Crippen LogP contribution < -0.4 is 14.8 Å². The minimum Gasteiger partial charge on any atom is -0.483 e. The summed E-state index contributed by atoms with van der Waals surface area (Å²) >= 11 is 0. The van der Waals surface area contributed by atoms with Gasteiger partial charge in [0.25, 0.3) is 15.9 Å². The molecular formula is C21H19FN2O4S. The summed E-state index contributed by atoms with van der Waals surface area (Å²) in [5.74, 6) is -0.388. The largest absolute Gasteiger partial charge is 0.483 e.